The molecule has 114 valence electrons. The molecule has 0 saturated heterocycles. The number of carbonyl (C=O) groups is 2. The number of amides is 1. The number of anilines is 1. The third-order valence-electron chi connectivity index (χ3n) is 3.69. The van der Waals surface area contributed by atoms with Crippen LogP contribution in [0.25, 0.3) is 0 Å². The first-order chi connectivity index (χ1) is 10.6. The highest BCUT2D eigenvalue weighted by atomic mass is 19.1. The predicted octanol–water partition coefficient (Wildman–Crippen LogP) is 2.31. The summed E-state index contributed by atoms with van der Waals surface area (Å²) in [5, 5.41) is 15.5. The lowest BCUT2D eigenvalue weighted by atomic mass is 10.1. The van der Waals surface area contributed by atoms with Crippen molar-refractivity contribution in [1.29, 1.82) is 0 Å². The van der Waals surface area contributed by atoms with E-state index in [0.29, 0.717) is 5.56 Å². The number of aromatic carboxylic acids is 1. The number of nitrogens with one attached hydrogen (secondary N) is 1. The van der Waals surface area contributed by atoms with Crippen LogP contribution in [0.5, 0.6) is 0 Å². The molecule has 3 rings (SSSR count). The SMILES string of the molecule is O=C(O)c1ccc(F)c(NC(=O)c2cnn3c2CCCC3)c1. The Kier molecular flexibility index (Phi) is 3.62. The Morgan fingerprint density at radius 2 is 2.14 bits per heavy atom. The first-order valence-corrected chi connectivity index (χ1v) is 6.95. The second-order valence-electron chi connectivity index (χ2n) is 5.14. The first kappa shape index (κ1) is 14.2. The van der Waals surface area contributed by atoms with Gasteiger partial charge in [-0.15, -0.1) is 0 Å². The van der Waals surface area contributed by atoms with E-state index in [0.717, 1.165) is 49.7 Å². The quantitative estimate of drug-likeness (QED) is 0.911. The molecule has 22 heavy (non-hydrogen) atoms. The van der Waals surface area contributed by atoms with Crippen LogP contribution in [-0.2, 0) is 13.0 Å². The van der Waals surface area contributed by atoms with E-state index in [1.54, 1.807) is 4.68 Å². The number of rotatable bonds is 3. The van der Waals surface area contributed by atoms with Gasteiger partial charge in [-0.2, -0.15) is 5.10 Å². The number of hydrogen-bond donors (Lipinski definition) is 2. The topological polar surface area (TPSA) is 84.2 Å². The van der Waals surface area contributed by atoms with Gasteiger partial charge in [-0.05, 0) is 37.5 Å². The van der Waals surface area contributed by atoms with E-state index in [-0.39, 0.29) is 11.3 Å². The Balaban J connectivity index is 1.87. The monoisotopic (exact) mass is 303 g/mol. The summed E-state index contributed by atoms with van der Waals surface area (Å²) >= 11 is 0. The Bertz CT molecular complexity index is 754. The van der Waals surface area contributed by atoms with E-state index in [2.05, 4.69) is 10.4 Å². The molecule has 0 spiro atoms. The maximum absolute atomic E-state index is 13.7. The predicted molar refractivity (Wildman–Crippen MR) is 76.5 cm³/mol. The zero-order valence-electron chi connectivity index (χ0n) is 11.7. The molecule has 0 bridgehead atoms. The molecule has 2 N–H and O–H groups in total. The van der Waals surface area contributed by atoms with Gasteiger partial charge in [-0.25, -0.2) is 9.18 Å². The minimum absolute atomic E-state index is 0.0891. The molecular formula is C15H14FN3O3. The van der Waals surface area contributed by atoms with Crippen molar-refractivity contribution in [1.82, 2.24) is 9.78 Å². The summed E-state index contributed by atoms with van der Waals surface area (Å²) in [6.07, 6.45) is 4.22. The average molecular weight is 303 g/mol. The van der Waals surface area contributed by atoms with Crippen LogP contribution < -0.4 is 5.32 Å². The Morgan fingerprint density at radius 3 is 2.91 bits per heavy atom. The molecule has 0 fully saturated rings. The molecule has 2 heterocycles. The van der Waals surface area contributed by atoms with Gasteiger partial charge in [-0.1, -0.05) is 0 Å². The normalized spacial score (nSPS) is 13.5. The zero-order valence-corrected chi connectivity index (χ0v) is 11.7. The van der Waals surface area contributed by atoms with Crippen molar-refractivity contribution < 1.29 is 19.1 Å². The van der Waals surface area contributed by atoms with Crippen LogP contribution in [0.3, 0.4) is 0 Å². The van der Waals surface area contributed by atoms with Crippen LogP contribution in [0.4, 0.5) is 10.1 Å². The summed E-state index contributed by atoms with van der Waals surface area (Å²) in [5.74, 6) is -2.35. The van der Waals surface area contributed by atoms with E-state index in [9.17, 15) is 14.0 Å². The second-order valence-corrected chi connectivity index (χ2v) is 5.14. The fraction of sp³-hybridized carbons (Fsp3) is 0.267. The van der Waals surface area contributed by atoms with Crippen molar-refractivity contribution in [2.24, 2.45) is 0 Å². The van der Waals surface area contributed by atoms with E-state index >= 15 is 0 Å². The number of carbonyl (C=O) groups excluding carboxylic acids is 1. The summed E-state index contributed by atoms with van der Waals surface area (Å²) in [7, 11) is 0. The third kappa shape index (κ3) is 2.57. The van der Waals surface area contributed by atoms with Crippen LogP contribution in [0.1, 0.15) is 39.3 Å². The Hall–Kier alpha value is -2.70. The summed E-state index contributed by atoms with van der Waals surface area (Å²) in [5.41, 5.74) is 0.993. The highest BCUT2D eigenvalue weighted by Crippen LogP contribution is 2.21. The van der Waals surface area contributed by atoms with E-state index in [1.165, 1.54) is 6.20 Å². The number of hydrogen-bond acceptors (Lipinski definition) is 3. The molecular weight excluding hydrogens is 289 g/mol. The highest BCUT2D eigenvalue weighted by Gasteiger charge is 2.21. The molecule has 0 radical (unpaired) electrons. The number of benzene rings is 1. The van der Waals surface area contributed by atoms with Crippen molar-refractivity contribution in [3.63, 3.8) is 0 Å². The highest BCUT2D eigenvalue weighted by molar-refractivity contribution is 6.05. The van der Waals surface area contributed by atoms with Crippen molar-refractivity contribution in [3.05, 3.63) is 47.0 Å². The minimum Gasteiger partial charge on any atom is -0.478 e. The number of aryl methyl sites for hydroxylation is 1. The van der Waals surface area contributed by atoms with Gasteiger partial charge in [0.1, 0.15) is 5.82 Å². The molecule has 6 nitrogen and oxygen atoms in total. The van der Waals surface area contributed by atoms with Gasteiger partial charge in [0.05, 0.1) is 28.7 Å². The summed E-state index contributed by atoms with van der Waals surface area (Å²) in [6, 6.07) is 3.27. The zero-order chi connectivity index (χ0) is 15.7. The number of carboxylic acid groups (broad SMARTS) is 1. The van der Waals surface area contributed by atoms with Crippen LogP contribution >= 0.6 is 0 Å². The maximum atomic E-state index is 13.7. The lowest BCUT2D eigenvalue weighted by molar-refractivity contribution is 0.0696. The lowest BCUT2D eigenvalue weighted by Gasteiger charge is -2.14. The smallest absolute Gasteiger partial charge is 0.335 e. The van der Waals surface area contributed by atoms with Gasteiger partial charge in [0.2, 0.25) is 0 Å². The molecule has 0 aliphatic carbocycles. The van der Waals surface area contributed by atoms with Gasteiger partial charge >= 0.3 is 5.97 Å². The van der Waals surface area contributed by atoms with Crippen molar-refractivity contribution in [2.75, 3.05) is 5.32 Å². The van der Waals surface area contributed by atoms with Gasteiger partial charge in [0.25, 0.3) is 5.91 Å². The molecule has 2 aromatic rings. The van der Waals surface area contributed by atoms with Gasteiger partial charge in [0, 0.05) is 6.54 Å². The number of fused-ring (bicyclic) bond motifs is 1. The standard InChI is InChI=1S/C15H14FN3O3/c16-11-5-4-9(15(21)22)7-12(11)18-14(20)10-8-17-19-6-2-1-3-13(10)19/h4-5,7-8H,1-3,6H2,(H,18,20)(H,21,22). The third-order valence-corrected chi connectivity index (χ3v) is 3.69. The second kappa shape index (κ2) is 5.59. The van der Waals surface area contributed by atoms with E-state index in [1.807, 2.05) is 0 Å². The van der Waals surface area contributed by atoms with Gasteiger partial charge < -0.3 is 10.4 Å². The number of halogens is 1. The fourth-order valence-electron chi connectivity index (χ4n) is 2.55. The van der Waals surface area contributed by atoms with Crippen LogP contribution in [0, 0.1) is 5.82 Å². The first-order valence-electron chi connectivity index (χ1n) is 6.95. The molecule has 1 aliphatic heterocycles. The fourth-order valence-corrected chi connectivity index (χ4v) is 2.55. The lowest BCUT2D eigenvalue weighted by Crippen LogP contribution is -2.18. The number of nitrogens with zero attached hydrogens (tertiary/aromatic N) is 2. The molecule has 0 saturated carbocycles. The number of aromatic nitrogens is 2. The summed E-state index contributed by atoms with van der Waals surface area (Å²) < 4.78 is 15.5. The molecule has 0 unspecified atom stereocenters. The Labute approximate surface area is 125 Å². The van der Waals surface area contributed by atoms with Crippen LogP contribution in [-0.4, -0.2) is 26.8 Å². The molecule has 1 amide bonds. The van der Waals surface area contributed by atoms with Crippen molar-refractivity contribution in [3.8, 4) is 0 Å². The van der Waals surface area contributed by atoms with Crippen LogP contribution in [0.2, 0.25) is 0 Å². The molecule has 1 aromatic heterocycles. The van der Waals surface area contributed by atoms with Crippen molar-refractivity contribution >= 4 is 17.6 Å². The van der Waals surface area contributed by atoms with Crippen molar-refractivity contribution in [2.45, 2.75) is 25.8 Å². The number of carboxylic acids is 1. The van der Waals surface area contributed by atoms with E-state index in [4.69, 9.17) is 5.11 Å². The minimum atomic E-state index is -1.18. The molecule has 1 aromatic carbocycles. The summed E-state index contributed by atoms with van der Waals surface area (Å²) in [6.45, 7) is 0.769. The van der Waals surface area contributed by atoms with Crippen LogP contribution in [0.15, 0.2) is 24.4 Å². The Morgan fingerprint density at radius 1 is 1.32 bits per heavy atom. The maximum Gasteiger partial charge on any atom is 0.335 e. The molecule has 0 atom stereocenters. The molecule has 1 aliphatic rings. The van der Waals surface area contributed by atoms with Gasteiger partial charge in [0.15, 0.2) is 0 Å². The largest absolute Gasteiger partial charge is 0.478 e. The van der Waals surface area contributed by atoms with E-state index < -0.39 is 17.7 Å². The average Bonchev–Trinajstić information content (AvgIpc) is 2.93. The van der Waals surface area contributed by atoms with Gasteiger partial charge in [-0.3, -0.25) is 9.48 Å². The summed E-state index contributed by atoms with van der Waals surface area (Å²) in [4.78, 5) is 23.2. The molecule has 7 heteroatoms.